The van der Waals surface area contributed by atoms with E-state index >= 15 is 0 Å². The van der Waals surface area contributed by atoms with E-state index in [9.17, 15) is 0 Å². The highest BCUT2D eigenvalue weighted by Crippen LogP contribution is 2.47. The fraction of sp³-hybridized carbons (Fsp3) is 0.364. The van der Waals surface area contributed by atoms with E-state index in [2.05, 4.69) is 73.9 Å². The van der Waals surface area contributed by atoms with Crippen molar-refractivity contribution in [2.24, 2.45) is 0 Å². The third kappa shape index (κ3) is 2.22. The van der Waals surface area contributed by atoms with E-state index in [-0.39, 0.29) is 0 Å². The molecule has 1 heterocycles. The molecule has 1 aliphatic rings. The quantitative estimate of drug-likeness (QED) is 0.541. The first-order chi connectivity index (χ1) is 11.1. The third-order valence-corrected chi connectivity index (χ3v) is 5.72. The number of hydrogen-bond donors (Lipinski definition) is 0. The average Bonchev–Trinajstić information content (AvgIpc) is 2.87. The highest BCUT2D eigenvalue weighted by Gasteiger charge is 2.39. The number of benzene rings is 2. The van der Waals surface area contributed by atoms with Crippen LogP contribution >= 0.6 is 0 Å². The SMILES string of the molecule is CCC1(n2c(-c3ccc(C)cc3)cc3cc(C)ccc32)CCC1. The molecule has 1 saturated carbocycles. The molecule has 1 aromatic heterocycles. The van der Waals surface area contributed by atoms with E-state index in [1.165, 1.54) is 59.0 Å². The molecule has 0 unspecified atom stereocenters. The molecule has 0 spiro atoms. The number of fused-ring (bicyclic) bond motifs is 1. The number of nitrogens with zero attached hydrogens (tertiary/aromatic N) is 1. The second-order valence-electron chi connectivity index (χ2n) is 7.22. The molecule has 1 fully saturated rings. The van der Waals surface area contributed by atoms with Gasteiger partial charge in [-0.3, -0.25) is 0 Å². The summed E-state index contributed by atoms with van der Waals surface area (Å²) < 4.78 is 2.65. The molecule has 0 N–H and O–H groups in total. The maximum atomic E-state index is 2.65. The Morgan fingerprint density at radius 1 is 0.913 bits per heavy atom. The molecule has 1 nitrogen and oxygen atoms in total. The predicted octanol–water partition coefficient (Wildman–Crippen LogP) is 6.21. The molecule has 1 aliphatic carbocycles. The van der Waals surface area contributed by atoms with E-state index in [1.54, 1.807) is 0 Å². The summed E-state index contributed by atoms with van der Waals surface area (Å²) in [6.07, 6.45) is 5.18. The van der Waals surface area contributed by atoms with Gasteiger partial charge in [0.05, 0.1) is 0 Å². The minimum absolute atomic E-state index is 0.317. The largest absolute Gasteiger partial charge is 0.334 e. The van der Waals surface area contributed by atoms with Crippen LogP contribution in [0.25, 0.3) is 22.2 Å². The Bertz CT molecular complexity index is 842. The van der Waals surface area contributed by atoms with Crippen molar-refractivity contribution in [3.05, 3.63) is 59.7 Å². The van der Waals surface area contributed by atoms with Crippen molar-refractivity contribution in [3.8, 4) is 11.3 Å². The van der Waals surface area contributed by atoms with Gasteiger partial charge in [0.2, 0.25) is 0 Å². The number of aryl methyl sites for hydroxylation is 2. The molecule has 3 aromatic rings. The van der Waals surface area contributed by atoms with Crippen molar-refractivity contribution in [2.75, 3.05) is 0 Å². The van der Waals surface area contributed by atoms with Gasteiger partial charge in [-0.05, 0) is 63.3 Å². The molecule has 0 radical (unpaired) electrons. The third-order valence-electron chi connectivity index (χ3n) is 5.72. The lowest BCUT2D eigenvalue weighted by molar-refractivity contribution is 0.144. The van der Waals surface area contributed by atoms with Gasteiger partial charge in [-0.25, -0.2) is 0 Å². The van der Waals surface area contributed by atoms with Crippen LogP contribution in [-0.2, 0) is 5.54 Å². The van der Waals surface area contributed by atoms with Crippen molar-refractivity contribution >= 4 is 10.9 Å². The first-order valence-corrected chi connectivity index (χ1v) is 8.83. The topological polar surface area (TPSA) is 4.93 Å². The number of rotatable bonds is 3. The lowest BCUT2D eigenvalue weighted by Crippen LogP contribution is -2.40. The maximum absolute atomic E-state index is 2.65. The summed E-state index contributed by atoms with van der Waals surface area (Å²) in [7, 11) is 0. The molecule has 0 saturated heterocycles. The van der Waals surface area contributed by atoms with Crippen LogP contribution in [0, 0.1) is 13.8 Å². The lowest BCUT2D eigenvalue weighted by atomic mass is 9.74. The van der Waals surface area contributed by atoms with Gasteiger partial charge in [-0.15, -0.1) is 0 Å². The van der Waals surface area contributed by atoms with Crippen molar-refractivity contribution in [1.29, 1.82) is 0 Å². The van der Waals surface area contributed by atoms with E-state index < -0.39 is 0 Å². The summed E-state index contributed by atoms with van der Waals surface area (Å²) in [5, 5.41) is 1.38. The Labute approximate surface area is 139 Å². The van der Waals surface area contributed by atoms with Gasteiger partial charge < -0.3 is 4.57 Å². The van der Waals surface area contributed by atoms with Crippen LogP contribution in [0.4, 0.5) is 0 Å². The number of aromatic nitrogens is 1. The van der Waals surface area contributed by atoms with Crippen molar-refractivity contribution in [1.82, 2.24) is 4.57 Å². The molecule has 0 aliphatic heterocycles. The molecule has 1 heteroatoms. The molecule has 4 rings (SSSR count). The Kier molecular flexibility index (Phi) is 3.33. The highest BCUT2D eigenvalue weighted by molar-refractivity contribution is 5.88. The van der Waals surface area contributed by atoms with Gasteiger partial charge >= 0.3 is 0 Å². The minimum atomic E-state index is 0.317. The van der Waals surface area contributed by atoms with Crippen LogP contribution in [0.1, 0.15) is 43.7 Å². The van der Waals surface area contributed by atoms with Gasteiger partial charge in [-0.2, -0.15) is 0 Å². The summed E-state index contributed by atoms with van der Waals surface area (Å²) in [6, 6.07) is 18.3. The van der Waals surface area contributed by atoms with Crippen LogP contribution in [0.2, 0.25) is 0 Å². The standard InChI is InChI=1S/C22H25N/c1-4-22(12-5-13-22)23-20-11-8-17(3)14-19(20)15-21(23)18-9-6-16(2)7-10-18/h6-11,14-15H,4-5,12-13H2,1-3H3. The van der Waals surface area contributed by atoms with Gasteiger partial charge in [0.1, 0.15) is 0 Å². The summed E-state index contributed by atoms with van der Waals surface area (Å²) >= 11 is 0. The van der Waals surface area contributed by atoms with Crippen LogP contribution in [0.3, 0.4) is 0 Å². The Morgan fingerprint density at radius 2 is 1.61 bits per heavy atom. The molecule has 0 bridgehead atoms. The van der Waals surface area contributed by atoms with Gasteiger partial charge in [0.25, 0.3) is 0 Å². The molecular weight excluding hydrogens is 278 g/mol. The predicted molar refractivity (Wildman–Crippen MR) is 99.0 cm³/mol. The minimum Gasteiger partial charge on any atom is -0.334 e. The van der Waals surface area contributed by atoms with Crippen LogP contribution in [0.15, 0.2) is 48.5 Å². The van der Waals surface area contributed by atoms with Crippen LogP contribution in [0.5, 0.6) is 0 Å². The van der Waals surface area contributed by atoms with E-state index in [0.29, 0.717) is 5.54 Å². The Morgan fingerprint density at radius 3 is 2.22 bits per heavy atom. The smallest absolute Gasteiger partial charge is 0.0496 e. The maximum Gasteiger partial charge on any atom is 0.0496 e. The highest BCUT2D eigenvalue weighted by atomic mass is 15.1. The zero-order valence-electron chi connectivity index (χ0n) is 14.4. The zero-order chi connectivity index (χ0) is 16.0. The summed E-state index contributed by atoms with van der Waals surface area (Å²) in [6.45, 7) is 6.68. The average molecular weight is 303 g/mol. The lowest BCUT2D eigenvalue weighted by Gasteiger charge is -2.44. The normalized spacial score (nSPS) is 16.5. The van der Waals surface area contributed by atoms with E-state index in [1.807, 2.05) is 0 Å². The summed E-state index contributed by atoms with van der Waals surface area (Å²) in [5.74, 6) is 0. The molecule has 118 valence electrons. The van der Waals surface area contributed by atoms with E-state index in [4.69, 9.17) is 0 Å². The molecular formula is C22H25N. The molecule has 0 amide bonds. The second-order valence-corrected chi connectivity index (χ2v) is 7.22. The second kappa shape index (κ2) is 5.26. The number of hydrogen-bond acceptors (Lipinski definition) is 0. The van der Waals surface area contributed by atoms with Crippen molar-refractivity contribution < 1.29 is 0 Å². The first kappa shape index (κ1) is 14.6. The van der Waals surface area contributed by atoms with Gasteiger partial charge in [-0.1, -0.05) is 48.4 Å². The van der Waals surface area contributed by atoms with Gasteiger partial charge in [0, 0.05) is 22.1 Å². The monoisotopic (exact) mass is 303 g/mol. The molecule has 2 aromatic carbocycles. The first-order valence-electron chi connectivity index (χ1n) is 8.83. The van der Waals surface area contributed by atoms with E-state index in [0.717, 1.165) is 0 Å². The fourth-order valence-corrected chi connectivity index (χ4v) is 4.10. The summed E-state index contributed by atoms with van der Waals surface area (Å²) in [5.41, 5.74) is 7.09. The van der Waals surface area contributed by atoms with Gasteiger partial charge in [0.15, 0.2) is 0 Å². The zero-order valence-corrected chi connectivity index (χ0v) is 14.4. The van der Waals surface area contributed by atoms with Crippen molar-refractivity contribution in [2.45, 2.75) is 52.0 Å². The van der Waals surface area contributed by atoms with Crippen molar-refractivity contribution in [3.63, 3.8) is 0 Å². The summed E-state index contributed by atoms with van der Waals surface area (Å²) in [4.78, 5) is 0. The fourth-order valence-electron chi connectivity index (χ4n) is 4.10. The molecule has 23 heavy (non-hydrogen) atoms. The Hall–Kier alpha value is -2.02. The van der Waals surface area contributed by atoms with Crippen LogP contribution in [-0.4, -0.2) is 4.57 Å². The molecule has 0 atom stereocenters. The van der Waals surface area contributed by atoms with Crippen LogP contribution < -0.4 is 0 Å². The Balaban J connectivity index is 2.00.